The number of thioether (sulfide) groups is 1. The van der Waals surface area contributed by atoms with E-state index < -0.39 is 6.04 Å². The van der Waals surface area contributed by atoms with Gasteiger partial charge in [-0.3, -0.25) is 9.59 Å². The minimum atomic E-state index is -0.611. The van der Waals surface area contributed by atoms with Crippen LogP contribution in [0.1, 0.15) is 36.1 Å². The van der Waals surface area contributed by atoms with Crippen LogP contribution < -0.4 is 5.32 Å². The highest BCUT2D eigenvalue weighted by Crippen LogP contribution is 2.20. The number of hydrogen-bond acceptors (Lipinski definition) is 3. The molecule has 0 unspecified atom stereocenters. The van der Waals surface area contributed by atoms with Crippen LogP contribution in [0.15, 0.2) is 78.9 Å². The van der Waals surface area contributed by atoms with E-state index in [2.05, 4.69) is 11.4 Å². The van der Waals surface area contributed by atoms with Gasteiger partial charge in [-0.2, -0.15) is 0 Å². The van der Waals surface area contributed by atoms with Gasteiger partial charge in [0.05, 0.1) is 5.75 Å². The first-order valence-corrected chi connectivity index (χ1v) is 13.4. The molecule has 4 nitrogen and oxygen atoms in total. The molecule has 0 radical (unpaired) electrons. The van der Waals surface area contributed by atoms with Crippen LogP contribution in [0.5, 0.6) is 0 Å². The van der Waals surface area contributed by atoms with E-state index >= 15 is 0 Å². The molecule has 0 aromatic heterocycles. The molecule has 184 valence electrons. The first-order valence-electron chi connectivity index (χ1n) is 11.8. The average Bonchev–Trinajstić information content (AvgIpc) is 2.81. The predicted molar refractivity (Wildman–Crippen MR) is 147 cm³/mol. The van der Waals surface area contributed by atoms with Crippen molar-refractivity contribution >= 4 is 35.2 Å². The van der Waals surface area contributed by atoms with Crippen LogP contribution in [0.25, 0.3) is 0 Å². The number of aryl methyl sites for hydroxylation is 1. The monoisotopic (exact) mass is 508 g/mol. The number of hydrogen-bond donors (Lipinski definition) is 1. The lowest BCUT2D eigenvalue weighted by molar-refractivity contribution is -0.139. The van der Waals surface area contributed by atoms with Crippen molar-refractivity contribution in [3.63, 3.8) is 0 Å². The van der Waals surface area contributed by atoms with Gasteiger partial charge in [0.2, 0.25) is 11.8 Å². The van der Waals surface area contributed by atoms with Gasteiger partial charge in [-0.15, -0.1) is 11.8 Å². The molecule has 0 aliphatic rings. The molecule has 0 spiro atoms. The molecule has 0 aliphatic heterocycles. The van der Waals surface area contributed by atoms with E-state index in [-0.39, 0.29) is 23.6 Å². The number of rotatable bonds is 11. The second-order valence-corrected chi connectivity index (χ2v) is 10.4. The third kappa shape index (κ3) is 8.75. The summed E-state index contributed by atoms with van der Waals surface area (Å²) in [5.41, 5.74) is 4.22. The standard InChI is InChI=1S/C29H33ClN2O2S/c1-21(2)31-29(34)27(17-23-10-5-4-6-11-23)32(18-24-12-7-9-22(3)15-24)28(33)20-35-19-25-13-8-14-26(30)16-25/h4-16,21,27H,17-20H2,1-3H3,(H,31,34)/t27-/m1/s1. The normalized spacial score (nSPS) is 11.8. The fourth-order valence-electron chi connectivity index (χ4n) is 3.91. The third-order valence-electron chi connectivity index (χ3n) is 5.52. The van der Waals surface area contributed by atoms with Crippen LogP contribution in [0.2, 0.25) is 5.02 Å². The fraction of sp³-hybridized carbons (Fsp3) is 0.310. The van der Waals surface area contributed by atoms with Gasteiger partial charge >= 0.3 is 0 Å². The predicted octanol–water partition coefficient (Wildman–Crippen LogP) is 6.05. The topological polar surface area (TPSA) is 49.4 Å². The summed E-state index contributed by atoms with van der Waals surface area (Å²) in [4.78, 5) is 28.7. The largest absolute Gasteiger partial charge is 0.352 e. The molecule has 3 aromatic rings. The zero-order valence-corrected chi connectivity index (χ0v) is 22.1. The first kappa shape index (κ1) is 26.8. The molecule has 0 fully saturated rings. The van der Waals surface area contributed by atoms with Crippen LogP contribution in [0.4, 0.5) is 0 Å². The van der Waals surface area contributed by atoms with E-state index in [9.17, 15) is 9.59 Å². The highest BCUT2D eigenvalue weighted by molar-refractivity contribution is 7.99. The summed E-state index contributed by atoms with van der Waals surface area (Å²) in [7, 11) is 0. The zero-order chi connectivity index (χ0) is 25.2. The number of halogens is 1. The van der Waals surface area contributed by atoms with Crippen molar-refractivity contribution in [3.05, 3.63) is 106 Å². The van der Waals surface area contributed by atoms with E-state index in [1.807, 2.05) is 93.6 Å². The van der Waals surface area contributed by atoms with Crippen molar-refractivity contribution < 1.29 is 9.59 Å². The number of carbonyl (C=O) groups excluding carboxylic acids is 2. The summed E-state index contributed by atoms with van der Waals surface area (Å²) < 4.78 is 0. The molecular formula is C29H33ClN2O2S. The van der Waals surface area contributed by atoms with Crippen LogP contribution >= 0.6 is 23.4 Å². The van der Waals surface area contributed by atoms with Crippen molar-refractivity contribution in [2.75, 3.05) is 5.75 Å². The lowest BCUT2D eigenvalue weighted by Gasteiger charge is -2.32. The maximum absolute atomic E-state index is 13.6. The Labute approximate surface area is 218 Å². The molecule has 1 N–H and O–H groups in total. The summed E-state index contributed by atoms with van der Waals surface area (Å²) in [6, 6.07) is 25.0. The Morgan fingerprint density at radius 2 is 1.60 bits per heavy atom. The van der Waals surface area contributed by atoms with Crippen molar-refractivity contribution in [1.29, 1.82) is 0 Å². The minimum Gasteiger partial charge on any atom is -0.352 e. The number of nitrogens with zero attached hydrogens (tertiary/aromatic N) is 1. The Bertz CT molecular complexity index is 1120. The summed E-state index contributed by atoms with van der Waals surface area (Å²) >= 11 is 7.64. The summed E-state index contributed by atoms with van der Waals surface area (Å²) in [5, 5.41) is 3.71. The number of carbonyl (C=O) groups is 2. The maximum atomic E-state index is 13.6. The van der Waals surface area contributed by atoms with Crippen LogP contribution in [-0.4, -0.2) is 34.6 Å². The van der Waals surface area contributed by atoms with Crippen molar-refractivity contribution in [3.8, 4) is 0 Å². The van der Waals surface area contributed by atoms with Crippen LogP contribution in [0.3, 0.4) is 0 Å². The molecule has 0 saturated heterocycles. The molecule has 0 heterocycles. The van der Waals surface area contributed by atoms with Gasteiger partial charge in [-0.05, 0) is 49.6 Å². The van der Waals surface area contributed by atoms with Gasteiger partial charge in [0.15, 0.2) is 0 Å². The molecule has 2 amide bonds. The number of amides is 2. The highest BCUT2D eigenvalue weighted by atomic mass is 35.5. The van der Waals surface area contributed by atoms with Crippen molar-refractivity contribution in [2.45, 2.75) is 51.6 Å². The van der Waals surface area contributed by atoms with Gasteiger partial charge in [-0.1, -0.05) is 83.9 Å². The lowest BCUT2D eigenvalue weighted by atomic mass is 10.0. The van der Waals surface area contributed by atoms with Crippen molar-refractivity contribution in [1.82, 2.24) is 10.2 Å². The molecule has 0 saturated carbocycles. The second-order valence-electron chi connectivity index (χ2n) is 9.00. The Morgan fingerprint density at radius 1 is 0.914 bits per heavy atom. The van der Waals surface area contributed by atoms with Crippen LogP contribution in [0, 0.1) is 6.92 Å². The quantitative estimate of drug-likeness (QED) is 0.343. The molecule has 6 heteroatoms. The zero-order valence-electron chi connectivity index (χ0n) is 20.5. The lowest BCUT2D eigenvalue weighted by Crippen LogP contribution is -2.52. The second kappa shape index (κ2) is 13.4. The summed E-state index contributed by atoms with van der Waals surface area (Å²) in [6.07, 6.45) is 0.454. The number of nitrogens with one attached hydrogen (secondary N) is 1. The van der Waals surface area contributed by atoms with Gasteiger partial charge in [0.25, 0.3) is 0 Å². The van der Waals surface area contributed by atoms with Gasteiger partial charge in [0.1, 0.15) is 6.04 Å². The SMILES string of the molecule is Cc1cccc(CN(C(=O)CSCc2cccc(Cl)c2)[C@H](Cc2ccccc2)C(=O)NC(C)C)c1. The molecule has 1 atom stereocenters. The average molecular weight is 509 g/mol. The minimum absolute atomic E-state index is 0.0195. The Balaban J connectivity index is 1.84. The Hall–Kier alpha value is -2.76. The van der Waals surface area contributed by atoms with Gasteiger partial charge in [-0.25, -0.2) is 0 Å². The van der Waals surface area contributed by atoms with Crippen molar-refractivity contribution in [2.24, 2.45) is 0 Å². The van der Waals surface area contributed by atoms with Gasteiger partial charge in [0, 0.05) is 29.8 Å². The third-order valence-corrected chi connectivity index (χ3v) is 6.74. The van der Waals surface area contributed by atoms with Gasteiger partial charge < -0.3 is 10.2 Å². The number of benzene rings is 3. The van der Waals surface area contributed by atoms with E-state index in [0.29, 0.717) is 23.7 Å². The van der Waals surface area contributed by atoms with Crippen LogP contribution in [-0.2, 0) is 28.3 Å². The van der Waals surface area contributed by atoms with E-state index in [1.165, 1.54) is 11.8 Å². The molecular weight excluding hydrogens is 476 g/mol. The first-order chi connectivity index (χ1) is 16.8. The molecule has 3 aromatic carbocycles. The molecule has 0 aliphatic carbocycles. The van der Waals surface area contributed by atoms with E-state index in [4.69, 9.17) is 11.6 Å². The van der Waals surface area contributed by atoms with E-state index in [1.54, 1.807) is 4.90 Å². The molecule has 35 heavy (non-hydrogen) atoms. The highest BCUT2D eigenvalue weighted by Gasteiger charge is 2.30. The smallest absolute Gasteiger partial charge is 0.243 e. The molecule has 0 bridgehead atoms. The molecule has 3 rings (SSSR count). The maximum Gasteiger partial charge on any atom is 0.243 e. The summed E-state index contributed by atoms with van der Waals surface area (Å²) in [6.45, 7) is 6.28. The Morgan fingerprint density at radius 3 is 2.29 bits per heavy atom. The fourth-order valence-corrected chi connectivity index (χ4v) is 4.98. The Kier molecular flexibility index (Phi) is 10.2. The van der Waals surface area contributed by atoms with E-state index in [0.717, 1.165) is 22.3 Å². The summed E-state index contributed by atoms with van der Waals surface area (Å²) in [5.74, 6) is 0.758.